The van der Waals surface area contributed by atoms with Gasteiger partial charge in [0.15, 0.2) is 0 Å². The van der Waals surface area contributed by atoms with E-state index in [1.54, 1.807) is 0 Å². The standard InChI is InChI=1S/C11H16N2/c1-7(2)10-6-13-11-4-3-8(12)5-9(10)11/h3-5,7,10,13H,6,12H2,1-2H3/t10-/m1/s1. The molecule has 0 amide bonds. The van der Waals surface area contributed by atoms with Crippen LogP contribution in [0.1, 0.15) is 25.3 Å². The number of nitrogen functional groups attached to an aromatic ring is 1. The van der Waals surface area contributed by atoms with Crippen LogP contribution in [0.2, 0.25) is 0 Å². The van der Waals surface area contributed by atoms with Crippen molar-refractivity contribution in [2.24, 2.45) is 5.92 Å². The SMILES string of the molecule is CC(C)[C@H]1CNc2ccc(N)cc21. The van der Waals surface area contributed by atoms with Gasteiger partial charge in [-0.25, -0.2) is 0 Å². The molecule has 2 heteroatoms. The van der Waals surface area contributed by atoms with Crippen molar-refractivity contribution in [1.82, 2.24) is 0 Å². The van der Waals surface area contributed by atoms with Crippen LogP contribution in [0.4, 0.5) is 11.4 Å². The van der Waals surface area contributed by atoms with Gasteiger partial charge in [-0.1, -0.05) is 13.8 Å². The van der Waals surface area contributed by atoms with Gasteiger partial charge >= 0.3 is 0 Å². The number of anilines is 2. The molecule has 1 aliphatic heterocycles. The zero-order valence-corrected chi connectivity index (χ0v) is 8.17. The van der Waals surface area contributed by atoms with E-state index in [9.17, 15) is 0 Å². The Morgan fingerprint density at radius 1 is 1.46 bits per heavy atom. The van der Waals surface area contributed by atoms with Crippen LogP contribution in [0.3, 0.4) is 0 Å². The summed E-state index contributed by atoms with van der Waals surface area (Å²) in [4.78, 5) is 0. The van der Waals surface area contributed by atoms with Gasteiger partial charge in [-0.2, -0.15) is 0 Å². The van der Waals surface area contributed by atoms with Crippen LogP contribution in [-0.2, 0) is 0 Å². The average Bonchev–Trinajstić information content (AvgIpc) is 2.46. The van der Waals surface area contributed by atoms with E-state index in [1.807, 2.05) is 6.07 Å². The normalized spacial score (nSPS) is 20.1. The highest BCUT2D eigenvalue weighted by molar-refractivity contribution is 5.63. The van der Waals surface area contributed by atoms with E-state index in [0.717, 1.165) is 12.2 Å². The molecule has 2 nitrogen and oxygen atoms in total. The summed E-state index contributed by atoms with van der Waals surface area (Å²) in [5, 5.41) is 3.40. The Morgan fingerprint density at radius 3 is 2.92 bits per heavy atom. The van der Waals surface area contributed by atoms with Crippen LogP contribution < -0.4 is 11.1 Å². The maximum Gasteiger partial charge on any atom is 0.0378 e. The second kappa shape index (κ2) is 2.95. The second-order valence-corrected chi connectivity index (χ2v) is 4.08. The van der Waals surface area contributed by atoms with Crippen molar-refractivity contribution in [3.05, 3.63) is 23.8 Å². The third-order valence-corrected chi connectivity index (χ3v) is 2.79. The van der Waals surface area contributed by atoms with Crippen LogP contribution in [0, 0.1) is 5.92 Å². The molecule has 0 bridgehead atoms. The van der Waals surface area contributed by atoms with Gasteiger partial charge in [-0.05, 0) is 29.7 Å². The minimum atomic E-state index is 0.624. The number of hydrogen-bond donors (Lipinski definition) is 2. The highest BCUT2D eigenvalue weighted by atomic mass is 14.9. The molecule has 1 aliphatic rings. The van der Waals surface area contributed by atoms with Gasteiger partial charge in [0.05, 0.1) is 0 Å². The number of benzene rings is 1. The summed E-state index contributed by atoms with van der Waals surface area (Å²) >= 11 is 0. The lowest BCUT2D eigenvalue weighted by Gasteiger charge is -2.14. The summed E-state index contributed by atoms with van der Waals surface area (Å²) in [6, 6.07) is 6.13. The largest absolute Gasteiger partial charge is 0.399 e. The predicted octanol–water partition coefficient (Wildman–Crippen LogP) is 2.43. The van der Waals surface area contributed by atoms with Gasteiger partial charge < -0.3 is 11.1 Å². The first-order chi connectivity index (χ1) is 6.18. The molecule has 2 rings (SSSR count). The molecule has 0 saturated heterocycles. The maximum absolute atomic E-state index is 5.77. The Hall–Kier alpha value is -1.18. The third kappa shape index (κ3) is 1.37. The summed E-state index contributed by atoms with van der Waals surface area (Å²) in [5.74, 6) is 1.30. The molecule has 13 heavy (non-hydrogen) atoms. The van der Waals surface area contributed by atoms with Crippen molar-refractivity contribution in [2.45, 2.75) is 19.8 Å². The van der Waals surface area contributed by atoms with Crippen molar-refractivity contribution in [3.8, 4) is 0 Å². The summed E-state index contributed by atoms with van der Waals surface area (Å²) in [6.45, 7) is 5.56. The van der Waals surface area contributed by atoms with Gasteiger partial charge in [-0.3, -0.25) is 0 Å². The van der Waals surface area contributed by atoms with Crippen LogP contribution in [-0.4, -0.2) is 6.54 Å². The molecule has 0 saturated carbocycles. The molecule has 0 unspecified atom stereocenters. The number of rotatable bonds is 1. The first-order valence-electron chi connectivity index (χ1n) is 4.82. The first kappa shape index (κ1) is 8.42. The van der Waals surface area contributed by atoms with Crippen molar-refractivity contribution >= 4 is 11.4 Å². The Balaban J connectivity index is 2.40. The quantitative estimate of drug-likeness (QED) is 0.645. The molecular formula is C11H16N2. The third-order valence-electron chi connectivity index (χ3n) is 2.79. The van der Waals surface area contributed by atoms with E-state index in [0.29, 0.717) is 11.8 Å². The molecule has 0 radical (unpaired) electrons. The molecule has 1 atom stereocenters. The highest BCUT2D eigenvalue weighted by Gasteiger charge is 2.24. The van der Waals surface area contributed by atoms with Gasteiger partial charge in [0.2, 0.25) is 0 Å². The van der Waals surface area contributed by atoms with E-state index in [4.69, 9.17) is 5.73 Å². The molecule has 70 valence electrons. The van der Waals surface area contributed by atoms with E-state index >= 15 is 0 Å². The molecule has 1 aromatic rings. The fraction of sp³-hybridized carbons (Fsp3) is 0.455. The van der Waals surface area contributed by atoms with Gasteiger partial charge in [-0.15, -0.1) is 0 Å². The zero-order chi connectivity index (χ0) is 9.42. The number of nitrogens with one attached hydrogen (secondary N) is 1. The second-order valence-electron chi connectivity index (χ2n) is 4.08. The van der Waals surface area contributed by atoms with Crippen molar-refractivity contribution in [3.63, 3.8) is 0 Å². The smallest absolute Gasteiger partial charge is 0.0378 e. The van der Waals surface area contributed by atoms with Crippen molar-refractivity contribution in [2.75, 3.05) is 17.6 Å². The number of hydrogen-bond acceptors (Lipinski definition) is 2. The first-order valence-corrected chi connectivity index (χ1v) is 4.82. The number of nitrogens with two attached hydrogens (primary N) is 1. The lowest BCUT2D eigenvalue weighted by atomic mass is 9.90. The van der Waals surface area contributed by atoms with Crippen LogP contribution >= 0.6 is 0 Å². The van der Waals surface area contributed by atoms with Crippen LogP contribution in [0.15, 0.2) is 18.2 Å². The minimum Gasteiger partial charge on any atom is -0.399 e. The van der Waals surface area contributed by atoms with Crippen LogP contribution in [0.25, 0.3) is 0 Å². The zero-order valence-electron chi connectivity index (χ0n) is 8.17. The Labute approximate surface area is 79.1 Å². The van der Waals surface area contributed by atoms with Gasteiger partial charge in [0.1, 0.15) is 0 Å². The summed E-state index contributed by atoms with van der Waals surface area (Å²) in [7, 11) is 0. The molecule has 0 aromatic heterocycles. The molecule has 0 spiro atoms. The fourth-order valence-corrected chi connectivity index (χ4v) is 1.97. The van der Waals surface area contributed by atoms with E-state index in [1.165, 1.54) is 11.3 Å². The molecule has 1 aromatic carbocycles. The molecule has 3 N–H and O–H groups in total. The number of fused-ring (bicyclic) bond motifs is 1. The van der Waals surface area contributed by atoms with Gasteiger partial charge in [0.25, 0.3) is 0 Å². The molecule has 0 aliphatic carbocycles. The summed E-state index contributed by atoms with van der Waals surface area (Å²) < 4.78 is 0. The monoisotopic (exact) mass is 176 g/mol. The summed E-state index contributed by atoms with van der Waals surface area (Å²) in [5.41, 5.74) is 9.28. The maximum atomic E-state index is 5.77. The minimum absolute atomic E-state index is 0.624. The van der Waals surface area contributed by atoms with Gasteiger partial charge in [0, 0.05) is 23.8 Å². The lowest BCUT2D eigenvalue weighted by Crippen LogP contribution is -2.08. The van der Waals surface area contributed by atoms with E-state index in [2.05, 4.69) is 31.3 Å². The predicted molar refractivity (Wildman–Crippen MR) is 56.9 cm³/mol. The Morgan fingerprint density at radius 2 is 2.23 bits per heavy atom. The average molecular weight is 176 g/mol. The fourth-order valence-electron chi connectivity index (χ4n) is 1.97. The van der Waals surface area contributed by atoms with Crippen LogP contribution in [0.5, 0.6) is 0 Å². The lowest BCUT2D eigenvalue weighted by molar-refractivity contribution is 0.533. The Bertz CT molecular complexity index is 318. The molecule has 1 heterocycles. The molecule has 0 fully saturated rings. The summed E-state index contributed by atoms with van der Waals surface area (Å²) in [6.07, 6.45) is 0. The Kier molecular flexibility index (Phi) is 1.91. The molecular weight excluding hydrogens is 160 g/mol. The van der Waals surface area contributed by atoms with E-state index < -0.39 is 0 Å². The van der Waals surface area contributed by atoms with E-state index in [-0.39, 0.29) is 0 Å². The van der Waals surface area contributed by atoms with Crippen molar-refractivity contribution < 1.29 is 0 Å². The highest BCUT2D eigenvalue weighted by Crippen LogP contribution is 2.36. The van der Waals surface area contributed by atoms with Crippen molar-refractivity contribution in [1.29, 1.82) is 0 Å². The topological polar surface area (TPSA) is 38.0 Å².